The van der Waals surface area contributed by atoms with Crippen LogP contribution in [0.5, 0.6) is 0 Å². The van der Waals surface area contributed by atoms with Crippen molar-refractivity contribution >= 4 is 22.9 Å². The third kappa shape index (κ3) is 3.92. The minimum Gasteiger partial charge on any atom is -0.332 e. The number of nitro groups is 1. The van der Waals surface area contributed by atoms with E-state index in [-0.39, 0.29) is 11.6 Å². The zero-order valence-electron chi connectivity index (χ0n) is 16.1. The monoisotopic (exact) mass is 412 g/mol. The number of non-ortho nitro benzene ring substituents is 1. The molecule has 0 bridgehead atoms. The fourth-order valence-electron chi connectivity index (χ4n) is 3.55. The van der Waals surface area contributed by atoms with Crippen molar-refractivity contribution in [3.63, 3.8) is 0 Å². The Morgan fingerprint density at radius 3 is 2.69 bits per heavy atom. The number of nitrogens with zero attached hydrogens (tertiary/aromatic N) is 4. The summed E-state index contributed by atoms with van der Waals surface area (Å²) in [6, 6.07) is 11.9. The summed E-state index contributed by atoms with van der Waals surface area (Å²) in [4.78, 5) is 28.4. The molecule has 1 fully saturated rings. The van der Waals surface area contributed by atoms with Crippen molar-refractivity contribution in [3.05, 3.63) is 63.7 Å². The predicted octanol–water partition coefficient (Wildman–Crippen LogP) is 1.87. The van der Waals surface area contributed by atoms with Gasteiger partial charge in [-0.2, -0.15) is 5.10 Å². The number of likely N-dealkylation sites (N-methyl/N-ethyl adjacent to an activating group) is 1. The Balaban J connectivity index is 1.73. The molecule has 0 radical (unpaired) electrons. The standard InChI is InChI=1S/C20H21N5O3S/c1-2-22-8-10-23(11-9-22)20(26)18-14-17(19-7-4-12-29-19)21-24(18)15-5-3-6-16(13-15)25(27)28/h3-7,12-14H,2,8-11H2,1H3/p+1. The second-order valence-electron chi connectivity index (χ2n) is 6.98. The first-order chi connectivity index (χ1) is 14.1. The number of thiophene rings is 1. The Kier molecular flexibility index (Phi) is 5.41. The number of quaternary nitrogens is 1. The molecule has 1 aromatic carbocycles. The van der Waals surface area contributed by atoms with Crippen LogP contribution in [0.2, 0.25) is 0 Å². The highest BCUT2D eigenvalue weighted by Crippen LogP contribution is 2.27. The van der Waals surface area contributed by atoms with Gasteiger partial charge in [0.2, 0.25) is 0 Å². The first-order valence-electron chi connectivity index (χ1n) is 9.58. The summed E-state index contributed by atoms with van der Waals surface area (Å²) in [6.07, 6.45) is 0. The highest BCUT2D eigenvalue weighted by atomic mass is 32.1. The number of nitrogens with one attached hydrogen (secondary N) is 1. The molecule has 3 heterocycles. The van der Waals surface area contributed by atoms with Crippen molar-refractivity contribution in [2.45, 2.75) is 6.92 Å². The van der Waals surface area contributed by atoms with Crippen molar-refractivity contribution in [2.75, 3.05) is 32.7 Å². The van der Waals surface area contributed by atoms with Crippen LogP contribution in [-0.4, -0.2) is 58.2 Å². The number of nitro benzene ring substituents is 1. The number of carbonyl (C=O) groups excluding carboxylic acids is 1. The van der Waals surface area contributed by atoms with Crippen LogP contribution in [0.1, 0.15) is 17.4 Å². The number of carbonyl (C=O) groups is 1. The summed E-state index contributed by atoms with van der Waals surface area (Å²) < 4.78 is 1.53. The third-order valence-corrected chi connectivity index (χ3v) is 6.14. The van der Waals surface area contributed by atoms with E-state index in [0.29, 0.717) is 30.2 Å². The molecular formula is C20H22N5O3S+. The molecule has 1 aliphatic rings. The molecule has 1 aliphatic heterocycles. The van der Waals surface area contributed by atoms with E-state index in [1.807, 2.05) is 22.4 Å². The van der Waals surface area contributed by atoms with Gasteiger partial charge in [0.15, 0.2) is 0 Å². The molecular weight excluding hydrogens is 390 g/mol. The quantitative estimate of drug-likeness (QED) is 0.512. The summed E-state index contributed by atoms with van der Waals surface area (Å²) in [5.41, 5.74) is 1.58. The molecule has 3 aromatic rings. The summed E-state index contributed by atoms with van der Waals surface area (Å²) in [5.74, 6) is -0.0954. The van der Waals surface area contributed by atoms with E-state index < -0.39 is 4.92 Å². The first-order valence-corrected chi connectivity index (χ1v) is 10.5. The van der Waals surface area contributed by atoms with Gasteiger partial charge in [-0.05, 0) is 30.5 Å². The molecule has 29 heavy (non-hydrogen) atoms. The second kappa shape index (κ2) is 8.14. The van der Waals surface area contributed by atoms with E-state index in [9.17, 15) is 14.9 Å². The van der Waals surface area contributed by atoms with E-state index in [1.54, 1.807) is 18.2 Å². The summed E-state index contributed by atoms with van der Waals surface area (Å²) in [7, 11) is 0. The number of hydrogen-bond acceptors (Lipinski definition) is 5. The van der Waals surface area contributed by atoms with Crippen LogP contribution in [0.3, 0.4) is 0 Å². The van der Waals surface area contributed by atoms with Crippen molar-refractivity contribution in [1.29, 1.82) is 0 Å². The zero-order chi connectivity index (χ0) is 20.4. The molecule has 150 valence electrons. The fourth-order valence-corrected chi connectivity index (χ4v) is 4.24. The normalized spacial score (nSPS) is 14.9. The predicted molar refractivity (Wildman–Crippen MR) is 111 cm³/mol. The van der Waals surface area contributed by atoms with Crippen LogP contribution in [0.25, 0.3) is 16.3 Å². The highest BCUT2D eigenvalue weighted by Gasteiger charge is 2.27. The van der Waals surface area contributed by atoms with Crippen molar-refractivity contribution in [1.82, 2.24) is 14.7 Å². The average molecular weight is 412 g/mol. The van der Waals surface area contributed by atoms with Crippen LogP contribution in [0, 0.1) is 10.1 Å². The van der Waals surface area contributed by atoms with Gasteiger partial charge >= 0.3 is 0 Å². The van der Waals surface area contributed by atoms with Gasteiger partial charge in [0.05, 0.1) is 48.2 Å². The van der Waals surface area contributed by atoms with E-state index in [2.05, 4.69) is 12.0 Å². The number of benzene rings is 1. The van der Waals surface area contributed by atoms with Crippen LogP contribution in [0.4, 0.5) is 5.69 Å². The van der Waals surface area contributed by atoms with Crippen LogP contribution >= 0.6 is 11.3 Å². The fraction of sp³-hybridized carbons (Fsp3) is 0.300. The topological polar surface area (TPSA) is 85.7 Å². The van der Waals surface area contributed by atoms with Gasteiger partial charge in [-0.15, -0.1) is 11.3 Å². The third-order valence-electron chi connectivity index (χ3n) is 5.24. The van der Waals surface area contributed by atoms with Gasteiger partial charge in [0, 0.05) is 12.1 Å². The molecule has 2 aromatic heterocycles. The van der Waals surface area contributed by atoms with Crippen molar-refractivity contribution in [2.24, 2.45) is 0 Å². The number of aromatic nitrogens is 2. The maximum Gasteiger partial charge on any atom is 0.273 e. The summed E-state index contributed by atoms with van der Waals surface area (Å²) >= 11 is 1.54. The largest absolute Gasteiger partial charge is 0.332 e. The minimum absolute atomic E-state index is 0.0331. The van der Waals surface area contributed by atoms with E-state index >= 15 is 0 Å². The SMILES string of the molecule is CC[NH+]1CCN(C(=O)c2cc(-c3cccs3)nn2-c2cccc([N+](=O)[O-])c2)CC1. The van der Waals surface area contributed by atoms with Crippen molar-refractivity contribution < 1.29 is 14.6 Å². The summed E-state index contributed by atoms with van der Waals surface area (Å²) in [5, 5.41) is 17.8. The summed E-state index contributed by atoms with van der Waals surface area (Å²) in [6.45, 7) is 6.43. The molecule has 8 nitrogen and oxygen atoms in total. The molecule has 0 saturated carbocycles. The van der Waals surface area contributed by atoms with Gasteiger partial charge in [-0.25, -0.2) is 4.68 Å². The lowest BCUT2D eigenvalue weighted by atomic mass is 10.2. The Hall–Kier alpha value is -3.04. The molecule has 9 heteroatoms. The minimum atomic E-state index is -0.443. The lowest BCUT2D eigenvalue weighted by Crippen LogP contribution is -3.14. The van der Waals surface area contributed by atoms with Gasteiger partial charge in [-0.3, -0.25) is 14.9 Å². The Bertz CT molecular complexity index is 1020. The molecule has 0 atom stereocenters. The van der Waals surface area contributed by atoms with Gasteiger partial charge in [0.25, 0.3) is 11.6 Å². The lowest BCUT2D eigenvalue weighted by Gasteiger charge is -2.31. The Labute approximate surface area is 172 Å². The average Bonchev–Trinajstić information content (AvgIpc) is 3.43. The number of hydrogen-bond donors (Lipinski definition) is 1. The maximum atomic E-state index is 13.3. The van der Waals surface area contributed by atoms with Gasteiger partial charge < -0.3 is 9.80 Å². The number of piperazine rings is 1. The molecule has 0 unspecified atom stereocenters. The first kappa shape index (κ1) is 19.3. The van der Waals surface area contributed by atoms with Crippen LogP contribution in [0.15, 0.2) is 47.8 Å². The molecule has 0 spiro atoms. The number of amides is 1. The molecule has 1 N–H and O–H groups in total. The van der Waals surface area contributed by atoms with E-state index in [1.165, 1.54) is 33.1 Å². The molecule has 1 saturated heterocycles. The Morgan fingerprint density at radius 1 is 1.24 bits per heavy atom. The maximum absolute atomic E-state index is 13.3. The van der Waals surface area contributed by atoms with Crippen LogP contribution in [-0.2, 0) is 0 Å². The molecule has 4 rings (SSSR count). The van der Waals surface area contributed by atoms with Crippen LogP contribution < -0.4 is 4.90 Å². The molecule has 0 aliphatic carbocycles. The Morgan fingerprint density at radius 2 is 2.03 bits per heavy atom. The smallest absolute Gasteiger partial charge is 0.273 e. The lowest BCUT2D eigenvalue weighted by molar-refractivity contribution is -0.902. The highest BCUT2D eigenvalue weighted by molar-refractivity contribution is 7.13. The second-order valence-corrected chi connectivity index (χ2v) is 7.92. The van der Waals surface area contributed by atoms with Gasteiger partial charge in [0.1, 0.15) is 11.4 Å². The molecule has 1 amide bonds. The van der Waals surface area contributed by atoms with E-state index in [0.717, 1.165) is 24.5 Å². The number of rotatable bonds is 5. The zero-order valence-corrected chi connectivity index (χ0v) is 16.9. The van der Waals surface area contributed by atoms with Gasteiger partial charge in [-0.1, -0.05) is 12.1 Å². The van der Waals surface area contributed by atoms with Crippen molar-refractivity contribution in [3.8, 4) is 16.3 Å². The van der Waals surface area contributed by atoms with E-state index in [4.69, 9.17) is 0 Å².